The van der Waals surface area contributed by atoms with Gasteiger partial charge in [-0.25, -0.2) is 0 Å². The number of benzene rings is 3. The van der Waals surface area contributed by atoms with E-state index in [0.29, 0.717) is 46.8 Å². The van der Waals surface area contributed by atoms with E-state index >= 15 is 0 Å². The summed E-state index contributed by atoms with van der Waals surface area (Å²) in [7, 11) is 1.57. The van der Waals surface area contributed by atoms with E-state index in [0.717, 1.165) is 11.1 Å². The van der Waals surface area contributed by atoms with E-state index < -0.39 is 0 Å². The Balaban J connectivity index is 1.46. The molecule has 1 heterocycles. The number of amides is 1. The third-order valence-corrected chi connectivity index (χ3v) is 4.94. The molecule has 0 spiro atoms. The van der Waals surface area contributed by atoms with Crippen molar-refractivity contribution < 1.29 is 23.5 Å². The first-order valence-electron chi connectivity index (χ1n) is 10.8. The molecule has 1 aromatic heterocycles. The zero-order valence-electron chi connectivity index (χ0n) is 19.2. The van der Waals surface area contributed by atoms with Crippen molar-refractivity contribution in [3.8, 4) is 40.1 Å². The molecule has 174 valence electrons. The number of nitrogens with zero attached hydrogens (tertiary/aromatic N) is 2. The first kappa shape index (κ1) is 22.8. The van der Waals surface area contributed by atoms with Crippen molar-refractivity contribution in [1.29, 1.82) is 0 Å². The van der Waals surface area contributed by atoms with Gasteiger partial charge < -0.3 is 24.1 Å². The van der Waals surface area contributed by atoms with Crippen LogP contribution in [-0.2, 0) is 4.79 Å². The van der Waals surface area contributed by atoms with E-state index in [9.17, 15) is 4.79 Å². The molecule has 34 heavy (non-hydrogen) atoms. The number of methoxy groups -OCH3 is 1. The minimum atomic E-state index is -0.305. The predicted molar refractivity (Wildman–Crippen MR) is 128 cm³/mol. The van der Waals surface area contributed by atoms with Gasteiger partial charge in [0, 0.05) is 22.9 Å². The van der Waals surface area contributed by atoms with Crippen LogP contribution >= 0.6 is 0 Å². The van der Waals surface area contributed by atoms with E-state index in [-0.39, 0.29) is 12.5 Å². The molecule has 0 bridgehead atoms. The van der Waals surface area contributed by atoms with Gasteiger partial charge in [-0.1, -0.05) is 28.9 Å². The molecule has 0 fully saturated rings. The molecule has 0 radical (unpaired) electrons. The highest BCUT2D eigenvalue weighted by atomic mass is 16.5. The summed E-state index contributed by atoms with van der Waals surface area (Å²) in [5.74, 6) is 2.13. The van der Waals surface area contributed by atoms with E-state index in [1.807, 2.05) is 38.1 Å². The number of hydrogen-bond donors (Lipinski definition) is 1. The highest BCUT2D eigenvalue weighted by Gasteiger charge is 2.15. The van der Waals surface area contributed by atoms with E-state index in [1.54, 1.807) is 49.6 Å². The lowest BCUT2D eigenvalue weighted by atomic mass is 10.1. The lowest BCUT2D eigenvalue weighted by Crippen LogP contribution is -2.20. The first-order valence-corrected chi connectivity index (χ1v) is 10.8. The average Bonchev–Trinajstić information content (AvgIpc) is 3.34. The Morgan fingerprint density at radius 2 is 1.76 bits per heavy atom. The lowest BCUT2D eigenvalue weighted by Gasteiger charge is -2.13. The fourth-order valence-corrected chi connectivity index (χ4v) is 3.23. The molecule has 0 aliphatic heterocycles. The molecular weight excluding hydrogens is 434 g/mol. The van der Waals surface area contributed by atoms with Gasteiger partial charge in [-0.3, -0.25) is 4.79 Å². The molecule has 1 N–H and O–H groups in total. The summed E-state index contributed by atoms with van der Waals surface area (Å²) in [6.45, 7) is 4.13. The van der Waals surface area contributed by atoms with Crippen LogP contribution in [0.5, 0.6) is 17.2 Å². The molecule has 3 aromatic carbocycles. The highest BCUT2D eigenvalue weighted by Crippen LogP contribution is 2.33. The molecule has 0 aliphatic rings. The summed E-state index contributed by atoms with van der Waals surface area (Å²) in [6.07, 6.45) is 0. The molecule has 0 atom stereocenters. The molecule has 4 rings (SSSR count). The van der Waals surface area contributed by atoms with Crippen LogP contribution in [-0.4, -0.2) is 36.4 Å². The summed E-state index contributed by atoms with van der Waals surface area (Å²) in [5.41, 5.74) is 3.32. The topological polar surface area (TPSA) is 95.7 Å². The molecule has 4 aromatic rings. The van der Waals surface area contributed by atoms with Crippen molar-refractivity contribution in [3.05, 3.63) is 72.3 Å². The third-order valence-electron chi connectivity index (χ3n) is 4.94. The highest BCUT2D eigenvalue weighted by molar-refractivity contribution is 5.92. The summed E-state index contributed by atoms with van der Waals surface area (Å²) < 4.78 is 22.1. The largest absolute Gasteiger partial charge is 0.497 e. The van der Waals surface area contributed by atoms with Gasteiger partial charge in [-0.05, 0) is 56.3 Å². The maximum Gasteiger partial charge on any atom is 0.262 e. The lowest BCUT2D eigenvalue weighted by molar-refractivity contribution is -0.118. The van der Waals surface area contributed by atoms with Gasteiger partial charge in [-0.2, -0.15) is 4.98 Å². The standard InChI is InChI=1S/C26H25N3O5/c1-4-32-23-14-19(25-28-26(34-29-25)18-10-8-17(2)9-11-18)12-13-22(23)33-16-24(30)27-20-6-5-7-21(15-20)31-3/h5-15H,4,16H2,1-3H3,(H,27,30). The monoisotopic (exact) mass is 459 g/mol. The second kappa shape index (κ2) is 10.5. The Hall–Kier alpha value is -4.33. The minimum Gasteiger partial charge on any atom is -0.497 e. The first-order chi connectivity index (χ1) is 16.6. The van der Waals surface area contributed by atoms with Crippen LogP contribution in [0.4, 0.5) is 5.69 Å². The van der Waals surface area contributed by atoms with Gasteiger partial charge in [0.1, 0.15) is 5.75 Å². The maximum absolute atomic E-state index is 12.4. The average molecular weight is 460 g/mol. The summed E-state index contributed by atoms with van der Waals surface area (Å²) >= 11 is 0. The number of hydrogen-bond acceptors (Lipinski definition) is 7. The van der Waals surface area contributed by atoms with Crippen LogP contribution in [0.15, 0.2) is 71.3 Å². The number of ether oxygens (including phenoxy) is 3. The zero-order chi connectivity index (χ0) is 23.9. The van der Waals surface area contributed by atoms with E-state index in [4.69, 9.17) is 18.7 Å². The van der Waals surface area contributed by atoms with Crippen molar-refractivity contribution in [3.63, 3.8) is 0 Å². The maximum atomic E-state index is 12.4. The summed E-state index contributed by atoms with van der Waals surface area (Å²) in [5, 5.41) is 6.87. The van der Waals surface area contributed by atoms with Crippen LogP contribution in [0.1, 0.15) is 12.5 Å². The third kappa shape index (κ3) is 5.53. The molecular formula is C26H25N3O5. The number of anilines is 1. The number of carbonyl (C=O) groups excluding carboxylic acids is 1. The number of rotatable bonds is 9. The Bertz CT molecular complexity index is 1270. The van der Waals surface area contributed by atoms with Crippen LogP contribution < -0.4 is 19.5 Å². The van der Waals surface area contributed by atoms with Gasteiger partial charge >= 0.3 is 0 Å². The van der Waals surface area contributed by atoms with E-state index in [2.05, 4.69) is 15.5 Å². The van der Waals surface area contributed by atoms with Crippen molar-refractivity contribution in [2.45, 2.75) is 13.8 Å². The van der Waals surface area contributed by atoms with Crippen molar-refractivity contribution >= 4 is 11.6 Å². The zero-order valence-corrected chi connectivity index (χ0v) is 19.2. The van der Waals surface area contributed by atoms with Crippen LogP contribution in [0.3, 0.4) is 0 Å². The molecule has 0 aliphatic carbocycles. The SMILES string of the molecule is CCOc1cc(-c2noc(-c3ccc(C)cc3)n2)ccc1OCC(=O)Nc1cccc(OC)c1. The van der Waals surface area contributed by atoms with Gasteiger partial charge in [-0.15, -0.1) is 0 Å². The Labute approximate surface area is 197 Å². The van der Waals surface area contributed by atoms with Gasteiger partial charge in [0.05, 0.1) is 13.7 Å². The van der Waals surface area contributed by atoms with Crippen LogP contribution in [0, 0.1) is 6.92 Å². The summed E-state index contributed by atoms with van der Waals surface area (Å²) in [4.78, 5) is 16.8. The van der Waals surface area contributed by atoms with Crippen molar-refractivity contribution in [1.82, 2.24) is 10.1 Å². The van der Waals surface area contributed by atoms with Gasteiger partial charge in [0.15, 0.2) is 18.1 Å². The van der Waals surface area contributed by atoms with Crippen LogP contribution in [0.25, 0.3) is 22.8 Å². The Morgan fingerprint density at radius 1 is 0.971 bits per heavy atom. The minimum absolute atomic E-state index is 0.184. The van der Waals surface area contributed by atoms with Crippen molar-refractivity contribution in [2.75, 3.05) is 25.6 Å². The van der Waals surface area contributed by atoms with E-state index in [1.165, 1.54) is 0 Å². The number of carbonyl (C=O) groups is 1. The quantitative estimate of drug-likeness (QED) is 0.370. The fraction of sp³-hybridized carbons (Fsp3) is 0.192. The van der Waals surface area contributed by atoms with Gasteiger partial charge in [0.2, 0.25) is 5.82 Å². The second-order valence-corrected chi connectivity index (χ2v) is 7.45. The van der Waals surface area contributed by atoms with Gasteiger partial charge in [0.25, 0.3) is 11.8 Å². The fourth-order valence-electron chi connectivity index (χ4n) is 3.23. The molecule has 0 saturated carbocycles. The molecule has 0 saturated heterocycles. The smallest absolute Gasteiger partial charge is 0.262 e. The Morgan fingerprint density at radius 3 is 2.53 bits per heavy atom. The molecule has 1 amide bonds. The molecule has 8 heteroatoms. The predicted octanol–water partition coefficient (Wildman–Crippen LogP) is 5.14. The normalized spacial score (nSPS) is 10.6. The number of nitrogens with one attached hydrogen (secondary N) is 1. The van der Waals surface area contributed by atoms with Crippen LogP contribution in [0.2, 0.25) is 0 Å². The Kier molecular flexibility index (Phi) is 7.07. The number of aryl methyl sites for hydroxylation is 1. The number of aromatic nitrogens is 2. The van der Waals surface area contributed by atoms with Crippen molar-refractivity contribution in [2.24, 2.45) is 0 Å². The molecule has 8 nitrogen and oxygen atoms in total. The molecule has 0 unspecified atom stereocenters. The second-order valence-electron chi connectivity index (χ2n) is 7.45. The summed E-state index contributed by atoms with van der Waals surface area (Å²) in [6, 6.07) is 20.2.